The fourth-order valence-corrected chi connectivity index (χ4v) is 1.60. The molecule has 0 aliphatic heterocycles. The molecule has 19 heavy (non-hydrogen) atoms. The number of rotatable bonds is 4. The zero-order valence-electron chi connectivity index (χ0n) is 10.5. The predicted molar refractivity (Wildman–Crippen MR) is 70.9 cm³/mol. The smallest absolute Gasteiger partial charge is 0.144 e. The van der Waals surface area contributed by atoms with E-state index in [0.29, 0.717) is 22.8 Å². The molecule has 0 radical (unpaired) electrons. The Labute approximate surface area is 110 Å². The van der Waals surface area contributed by atoms with Crippen LogP contribution in [0.5, 0.6) is 0 Å². The number of nitriles is 1. The lowest BCUT2D eigenvalue weighted by Crippen LogP contribution is -2.05. The molecule has 1 N–H and O–H groups in total. The summed E-state index contributed by atoms with van der Waals surface area (Å²) in [5.41, 5.74) is 1.67. The Morgan fingerprint density at radius 1 is 1.26 bits per heavy atom. The molecule has 0 fully saturated rings. The first kappa shape index (κ1) is 13.0. The number of nitrogens with one attached hydrogen (secondary N) is 1. The van der Waals surface area contributed by atoms with Crippen molar-refractivity contribution in [2.45, 2.75) is 13.3 Å². The van der Waals surface area contributed by atoms with E-state index in [2.05, 4.69) is 21.4 Å². The highest BCUT2D eigenvalue weighted by molar-refractivity contribution is 5.61. The van der Waals surface area contributed by atoms with Gasteiger partial charge in [0.05, 0.1) is 23.1 Å². The van der Waals surface area contributed by atoms with Crippen LogP contribution in [0.1, 0.15) is 18.9 Å². The molecule has 0 atom stereocenters. The highest BCUT2D eigenvalue weighted by atomic mass is 19.1. The van der Waals surface area contributed by atoms with Gasteiger partial charge in [0.2, 0.25) is 0 Å². The molecular weight excluding hydrogens is 243 g/mol. The second-order valence-corrected chi connectivity index (χ2v) is 3.99. The van der Waals surface area contributed by atoms with E-state index in [1.54, 1.807) is 18.2 Å². The second kappa shape index (κ2) is 5.91. The van der Waals surface area contributed by atoms with Crippen LogP contribution in [-0.4, -0.2) is 16.5 Å². The van der Waals surface area contributed by atoms with Crippen LogP contribution in [0.15, 0.2) is 30.5 Å². The molecule has 0 bridgehead atoms. The third-order valence-electron chi connectivity index (χ3n) is 2.55. The maximum atomic E-state index is 12.8. The van der Waals surface area contributed by atoms with Gasteiger partial charge < -0.3 is 5.32 Å². The number of pyridine rings is 2. The summed E-state index contributed by atoms with van der Waals surface area (Å²) in [6.45, 7) is 2.77. The van der Waals surface area contributed by atoms with Crippen LogP contribution in [0.2, 0.25) is 0 Å². The molecule has 0 aromatic carbocycles. The van der Waals surface area contributed by atoms with Gasteiger partial charge in [-0.25, -0.2) is 9.37 Å². The standard InChI is InChI=1S/C14H13FN4/c1-2-7-17-14-10(8-16)3-5-13(19-14)12-6-4-11(15)9-18-12/h3-6,9H,2,7H2,1H3,(H,17,19). The highest BCUT2D eigenvalue weighted by Gasteiger charge is 2.07. The van der Waals surface area contributed by atoms with E-state index in [9.17, 15) is 4.39 Å². The number of hydrogen-bond donors (Lipinski definition) is 1. The number of halogens is 1. The van der Waals surface area contributed by atoms with E-state index >= 15 is 0 Å². The summed E-state index contributed by atoms with van der Waals surface area (Å²) in [5.74, 6) is 0.148. The minimum absolute atomic E-state index is 0.387. The Balaban J connectivity index is 2.37. The fraction of sp³-hybridized carbons (Fsp3) is 0.214. The van der Waals surface area contributed by atoms with Gasteiger partial charge in [0.15, 0.2) is 0 Å². The lowest BCUT2D eigenvalue weighted by Gasteiger charge is -2.08. The second-order valence-electron chi connectivity index (χ2n) is 3.99. The van der Waals surface area contributed by atoms with Crippen molar-refractivity contribution < 1.29 is 4.39 Å². The molecule has 2 rings (SSSR count). The van der Waals surface area contributed by atoms with Crippen molar-refractivity contribution in [1.82, 2.24) is 9.97 Å². The van der Waals surface area contributed by atoms with Gasteiger partial charge in [0.1, 0.15) is 17.7 Å². The minimum atomic E-state index is -0.387. The van der Waals surface area contributed by atoms with Crippen LogP contribution in [0.3, 0.4) is 0 Å². The van der Waals surface area contributed by atoms with Gasteiger partial charge in [0.25, 0.3) is 0 Å². The average molecular weight is 256 g/mol. The van der Waals surface area contributed by atoms with Crippen molar-refractivity contribution in [2.75, 3.05) is 11.9 Å². The van der Waals surface area contributed by atoms with E-state index < -0.39 is 0 Å². The zero-order valence-corrected chi connectivity index (χ0v) is 10.5. The number of anilines is 1. The van der Waals surface area contributed by atoms with Crippen molar-refractivity contribution in [3.05, 3.63) is 41.8 Å². The lowest BCUT2D eigenvalue weighted by molar-refractivity contribution is 0.622. The normalized spacial score (nSPS) is 9.95. The van der Waals surface area contributed by atoms with Crippen LogP contribution >= 0.6 is 0 Å². The summed E-state index contributed by atoms with van der Waals surface area (Å²) >= 11 is 0. The zero-order chi connectivity index (χ0) is 13.7. The van der Waals surface area contributed by atoms with Gasteiger partial charge >= 0.3 is 0 Å². The molecule has 2 aromatic heterocycles. The van der Waals surface area contributed by atoms with E-state index in [1.165, 1.54) is 6.07 Å². The fourth-order valence-electron chi connectivity index (χ4n) is 1.60. The Morgan fingerprint density at radius 3 is 2.68 bits per heavy atom. The Bertz CT molecular complexity index is 602. The Hall–Kier alpha value is -2.48. The maximum absolute atomic E-state index is 12.8. The van der Waals surface area contributed by atoms with E-state index in [0.717, 1.165) is 19.2 Å². The maximum Gasteiger partial charge on any atom is 0.144 e. The van der Waals surface area contributed by atoms with Crippen molar-refractivity contribution >= 4 is 5.82 Å². The molecule has 96 valence electrons. The van der Waals surface area contributed by atoms with Crippen molar-refractivity contribution in [3.63, 3.8) is 0 Å². The molecule has 0 spiro atoms. The van der Waals surface area contributed by atoms with E-state index in [1.807, 2.05) is 6.92 Å². The topological polar surface area (TPSA) is 61.6 Å². The number of hydrogen-bond acceptors (Lipinski definition) is 4. The molecule has 5 heteroatoms. The third-order valence-corrected chi connectivity index (χ3v) is 2.55. The molecule has 0 aliphatic rings. The van der Waals surface area contributed by atoms with E-state index in [4.69, 9.17) is 5.26 Å². The summed E-state index contributed by atoms with van der Waals surface area (Å²) in [4.78, 5) is 8.34. The molecule has 2 heterocycles. The van der Waals surface area contributed by atoms with E-state index in [-0.39, 0.29) is 5.82 Å². The van der Waals surface area contributed by atoms with Gasteiger partial charge in [-0.3, -0.25) is 4.98 Å². The number of aromatic nitrogens is 2. The van der Waals surface area contributed by atoms with Crippen LogP contribution in [0.4, 0.5) is 10.2 Å². The molecule has 0 saturated carbocycles. The van der Waals surface area contributed by atoms with Gasteiger partial charge in [-0.15, -0.1) is 0 Å². The van der Waals surface area contributed by atoms with Gasteiger partial charge in [-0.05, 0) is 30.7 Å². The molecule has 0 saturated heterocycles. The van der Waals surface area contributed by atoms with Gasteiger partial charge in [-0.1, -0.05) is 6.92 Å². The van der Waals surface area contributed by atoms with Gasteiger partial charge in [-0.2, -0.15) is 5.26 Å². The largest absolute Gasteiger partial charge is 0.369 e. The van der Waals surface area contributed by atoms with Crippen LogP contribution in [0, 0.1) is 17.1 Å². The quantitative estimate of drug-likeness (QED) is 0.913. The van der Waals surface area contributed by atoms with Crippen LogP contribution in [0.25, 0.3) is 11.4 Å². The highest BCUT2D eigenvalue weighted by Crippen LogP contribution is 2.20. The molecule has 0 amide bonds. The molecule has 4 nitrogen and oxygen atoms in total. The third kappa shape index (κ3) is 3.05. The summed E-state index contributed by atoms with van der Waals surface area (Å²) in [7, 11) is 0. The van der Waals surface area contributed by atoms with Crippen LogP contribution < -0.4 is 5.32 Å². The first-order chi connectivity index (χ1) is 9.24. The Kier molecular flexibility index (Phi) is 4.04. The number of nitrogens with zero attached hydrogens (tertiary/aromatic N) is 3. The Morgan fingerprint density at radius 2 is 2.05 bits per heavy atom. The van der Waals surface area contributed by atoms with Crippen LogP contribution in [-0.2, 0) is 0 Å². The van der Waals surface area contributed by atoms with Crippen molar-refractivity contribution in [3.8, 4) is 17.5 Å². The minimum Gasteiger partial charge on any atom is -0.369 e. The van der Waals surface area contributed by atoms with Gasteiger partial charge in [0, 0.05) is 6.54 Å². The lowest BCUT2D eigenvalue weighted by atomic mass is 10.2. The molecular formula is C14H13FN4. The first-order valence-corrected chi connectivity index (χ1v) is 6.01. The SMILES string of the molecule is CCCNc1nc(-c2ccc(F)cn2)ccc1C#N. The molecule has 0 unspecified atom stereocenters. The summed E-state index contributed by atoms with van der Waals surface area (Å²) in [6.07, 6.45) is 2.08. The van der Waals surface area contributed by atoms with Crippen molar-refractivity contribution in [1.29, 1.82) is 5.26 Å². The molecule has 0 aliphatic carbocycles. The van der Waals surface area contributed by atoms with Crippen molar-refractivity contribution in [2.24, 2.45) is 0 Å². The first-order valence-electron chi connectivity index (χ1n) is 6.01. The molecule has 2 aromatic rings. The summed E-state index contributed by atoms with van der Waals surface area (Å²) < 4.78 is 12.8. The predicted octanol–water partition coefficient (Wildman–Crippen LogP) is 2.98. The monoisotopic (exact) mass is 256 g/mol. The average Bonchev–Trinajstić information content (AvgIpc) is 2.45. The summed E-state index contributed by atoms with van der Waals surface area (Å²) in [5, 5.41) is 12.1. The summed E-state index contributed by atoms with van der Waals surface area (Å²) in [6, 6.07) is 8.37.